The van der Waals surface area contributed by atoms with Crippen LogP contribution in [-0.2, 0) is 22.4 Å². The number of nitro groups is 1. The van der Waals surface area contributed by atoms with Gasteiger partial charge in [-0.25, -0.2) is 9.59 Å². The number of aromatic amines is 1. The van der Waals surface area contributed by atoms with Crippen molar-refractivity contribution in [3.05, 3.63) is 67.5 Å². The van der Waals surface area contributed by atoms with E-state index in [1.807, 2.05) is 27.7 Å². The highest BCUT2D eigenvalue weighted by Crippen LogP contribution is 2.48. The van der Waals surface area contributed by atoms with E-state index in [-0.39, 0.29) is 40.2 Å². The number of aromatic nitrogens is 2. The summed E-state index contributed by atoms with van der Waals surface area (Å²) in [5, 5.41) is 11.0. The van der Waals surface area contributed by atoms with Gasteiger partial charge in [0, 0.05) is 24.4 Å². The topological polar surface area (TPSA) is 170 Å². The van der Waals surface area contributed by atoms with E-state index in [9.17, 15) is 24.5 Å². The second kappa shape index (κ2) is 13.1. The maximum Gasteiger partial charge on any atom is 0.514 e. The third-order valence-corrected chi connectivity index (χ3v) is 18.5. The van der Waals surface area contributed by atoms with Gasteiger partial charge in [0.2, 0.25) is 0 Å². The van der Waals surface area contributed by atoms with Crippen molar-refractivity contribution in [2.24, 2.45) is 0 Å². The Morgan fingerprint density at radius 2 is 1.57 bits per heavy atom. The number of benzene rings is 1. The number of nitrogens with zero attached hydrogens (tertiary/aromatic N) is 2. The molecule has 2 aliphatic rings. The molecule has 2 aliphatic heterocycles. The van der Waals surface area contributed by atoms with Gasteiger partial charge in [-0.1, -0.05) is 55.4 Å². The summed E-state index contributed by atoms with van der Waals surface area (Å²) >= 11 is 0. The fourth-order valence-corrected chi connectivity index (χ4v) is 17.2. The summed E-state index contributed by atoms with van der Waals surface area (Å²) in [6, 6.07) is 6.08. The molecule has 1 aromatic heterocycles. The van der Waals surface area contributed by atoms with Gasteiger partial charge in [-0.2, -0.15) is 0 Å². The van der Waals surface area contributed by atoms with E-state index >= 15 is 0 Å². The van der Waals surface area contributed by atoms with Crippen LogP contribution >= 0.6 is 0 Å². The molecule has 16 heteroatoms. The van der Waals surface area contributed by atoms with Crippen molar-refractivity contribution >= 4 is 29.0 Å². The van der Waals surface area contributed by atoms with Crippen molar-refractivity contribution in [2.75, 3.05) is 6.61 Å². The van der Waals surface area contributed by atoms with Gasteiger partial charge in [-0.05, 0) is 34.3 Å². The molecule has 0 amide bonds. The summed E-state index contributed by atoms with van der Waals surface area (Å²) in [6.45, 7) is 16.6. The number of nitrogens with one attached hydrogen (secondary N) is 1. The zero-order valence-electron chi connectivity index (χ0n) is 26.2. The predicted molar refractivity (Wildman–Crippen MR) is 163 cm³/mol. The Balaban J connectivity index is 1.77. The zero-order valence-corrected chi connectivity index (χ0v) is 28.2. The largest absolute Gasteiger partial charge is 0.514 e. The number of carbonyl (C=O) groups is 1. The normalized spacial score (nSPS) is 24.6. The molecule has 1 aromatic carbocycles. The van der Waals surface area contributed by atoms with Crippen LogP contribution in [0.4, 0.5) is 10.5 Å². The minimum atomic E-state index is -3.19. The van der Waals surface area contributed by atoms with Crippen LogP contribution in [0.2, 0.25) is 22.2 Å². The van der Waals surface area contributed by atoms with Crippen molar-refractivity contribution < 1.29 is 36.9 Å². The van der Waals surface area contributed by atoms with E-state index in [1.165, 1.54) is 30.5 Å². The minimum Gasteiger partial charge on any atom is -0.423 e. The van der Waals surface area contributed by atoms with Crippen LogP contribution in [0, 0.1) is 10.1 Å². The van der Waals surface area contributed by atoms with Crippen LogP contribution < -0.4 is 16.0 Å². The first kappa shape index (κ1) is 33.7. The van der Waals surface area contributed by atoms with Crippen LogP contribution in [0.1, 0.15) is 61.6 Å². The molecule has 0 saturated carbocycles. The van der Waals surface area contributed by atoms with E-state index in [2.05, 4.69) is 32.7 Å². The Bertz CT molecular complexity index is 1440. The summed E-state index contributed by atoms with van der Waals surface area (Å²) in [5.74, 6) is 0.0109. The van der Waals surface area contributed by atoms with Crippen molar-refractivity contribution in [1.29, 1.82) is 0 Å². The highest BCUT2D eigenvalue weighted by molar-refractivity contribution is 6.84. The summed E-state index contributed by atoms with van der Waals surface area (Å²) in [7, 11) is -6.11. The van der Waals surface area contributed by atoms with Gasteiger partial charge in [-0.3, -0.25) is 24.5 Å². The Morgan fingerprint density at radius 1 is 0.977 bits per heavy atom. The average molecular weight is 652 g/mol. The highest BCUT2D eigenvalue weighted by Gasteiger charge is 2.62. The van der Waals surface area contributed by atoms with E-state index in [4.69, 9.17) is 27.2 Å². The molecule has 4 rings (SSSR count). The number of nitro benzene ring substituents is 1. The molecule has 0 radical (unpaired) electrons. The molecule has 0 bridgehead atoms. The lowest BCUT2D eigenvalue weighted by Gasteiger charge is -2.51. The fourth-order valence-electron chi connectivity index (χ4n) is 5.97. The lowest BCUT2D eigenvalue weighted by atomic mass is 10.1. The SMILES string of the molecule is CC(C)[Si]1(C(C)C)OC[C@H]2O[C@@H](n3ccc(=O)[nH]c3=O)[C@@H](OC(=O)Oc3ccc([N+](=O)[O-])cc3)C2O[Si](C(C)C)(C(C)C)O1. The predicted octanol–water partition coefficient (Wildman–Crippen LogP) is 4.88. The maximum absolute atomic E-state index is 13.2. The van der Waals surface area contributed by atoms with E-state index < -0.39 is 64.0 Å². The molecule has 0 spiro atoms. The summed E-state index contributed by atoms with van der Waals surface area (Å²) < 4.78 is 39.7. The van der Waals surface area contributed by atoms with Gasteiger partial charge < -0.3 is 27.2 Å². The second-order valence-corrected chi connectivity index (χ2v) is 21.2. The Morgan fingerprint density at radius 3 is 2.09 bits per heavy atom. The second-order valence-electron chi connectivity index (χ2n) is 12.3. The fraction of sp³-hybridized carbons (Fsp3) is 0.607. The van der Waals surface area contributed by atoms with E-state index in [0.717, 1.165) is 10.6 Å². The van der Waals surface area contributed by atoms with Gasteiger partial charge >= 0.3 is 29.0 Å². The number of hydrogen-bond acceptors (Lipinski definition) is 11. The highest BCUT2D eigenvalue weighted by atomic mass is 28.5. The number of fused-ring (bicyclic) bond motifs is 1. The summed E-state index contributed by atoms with van der Waals surface area (Å²) in [4.78, 5) is 50.6. The lowest BCUT2D eigenvalue weighted by molar-refractivity contribution is -0.384. The number of carbonyl (C=O) groups excluding carboxylic acids is 1. The molecule has 2 saturated heterocycles. The molecular formula is C28H41N3O11Si2. The molecule has 1 unspecified atom stereocenters. The monoisotopic (exact) mass is 651 g/mol. The Hall–Kier alpha value is -3.16. The quantitative estimate of drug-likeness (QED) is 0.136. The number of non-ortho nitro benzene ring substituents is 1. The van der Waals surface area contributed by atoms with Crippen LogP contribution in [0.25, 0.3) is 0 Å². The number of hydrogen-bond donors (Lipinski definition) is 1. The number of rotatable bonds is 8. The molecule has 0 aliphatic carbocycles. The van der Waals surface area contributed by atoms with Crippen molar-refractivity contribution in [2.45, 2.75) is 102 Å². The zero-order chi connectivity index (χ0) is 32.6. The first-order chi connectivity index (χ1) is 20.6. The van der Waals surface area contributed by atoms with Crippen LogP contribution in [0.5, 0.6) is 5.75 Å². The first-order valence-corrected chi connectivity index (χ1v) is 18.7. The molecule has 3 heterocycles. The summed E-state index contributed by atoms with van der Waals surface area (Å²) in [5.41, 5.74) is -1.48. The van der Waals surface area contributed by atoms with Crippen molar-refractivity contribution in [3.8, 4) is 5.75 Å². The molecule has 44 heavy (non-hydrogen) atoms. The maximum atomic E-state index is 13.2. The van der Waals surface area contributed by atoms with Crippen molar-refractivity contribution in [3.63, 3.8) is 0 Å². The molecular weight excluding hydrogens is 610 g/mol. The van der Waals surface area contributed by atoms with Gasteiger partial charge in [-0.15, -0.1) is 0 Å². The Labute approximate surface area is 257 Å². The molecule has 242 valence electrons. The lowest BCUT2D eigenvalue weighted by Crippen LogP contribution is -2.66. The van der Waals surface area contributed by atoms with Gasteiger partial charge in [0.15, 0.2) is 12.3 Å². The summed E-state index contributed by atoms with van der Waals surface area (Å²) in [6.07, 6.45) is -4.01. The van der Waals surface area contributed by atoms with Crippen molar-refractivity contribution in [1.82, 2.24) is 9.55 Å². The molecule has 2 fully saturated rings. The van der Waals surface area contributed by atoms with Gasteiger partial charge in [0.05, 0.1) is 11.5 Å². The van der Waals surface area contributed by atoms with Crippen LogP contribution in [0.3, 0.4) is 0 Å². The average Bonchev–Trinajstić information content (AvgIpc) is 3.23. The first-order valence-electron chi connectivity index (χ1n) is 14.7. The molecule has 14 nitrogen and oxygen atoms in total. The minimum absolute atomic E-state index is 0.0109. The standard InChI is InChI=1S/C28H41N3O11Si2/c1-16(2)43(17(3)4)37-15-22-24(41-44(42-43,18(5)6)19(7)8)25(26(39-22)30-14-13-23(32)29-27(30)33)40-28(34)38-21-11-9-20(10-12-21)31(35)36/h9-14,16-19,22,24-26H,15H2,1-8H3,(H,29,32,33)/t22-,24?,25+,26-/m1/s1. The van der Waals surface area contributed by atoms with Gasteiger partial charge in [0.1, 0.15) is 18.0 Å². The number of H-pyrrole nitrogens is 1. The molecule has 2 aromatic rings. The molecule has 1 N–H and O–H groups in total. The third kappa shape index (κ3) is 6.45. The number of ether oxygens (including phenoxy) is 3. The smallest absolute Gasteiger partial charge is 0.423 e. The van der Waals surface area contributed by atoms with Crippen LogP contribution in [0.15, 0.2) is 46.1 Å². The van der Waals surface area contributed by atoms with E-state index in [1.54, 1.807) is 0 Å². The van der Waals surface area contributed by atoms with Gasteiger partial charge in [0.25, 0.3) is 11.2 Å². The Kier molecular flexibility index (Phi) is 10.0. The molecule has 4 atom stereocenters. The third-order valence-electron chi connectivity index (χ3n) is 8.22. The van der Waals surface area contributed by atoms with Crippen LogP contribution in [-0.4, -0.2) is 62.7 Å². The van der Waals surface area contributed by atoms with E-state index in [0.29, 0.717) is 0 Å².